The SMILES string of the molecule is CC(C)C(CN)N(C)C1C2CC3CC(C2)CC1C3. The highest BCUT2D eigenvalue weighted by Gasteiger charge is 2.50. The molecule has 0 aromatic rings. The number of hydrogen-bond acceptors (Lipinski definition) is 2. The lowest BCUT2D eigenvalue weighted by Crippen LogP contribution is -2.59. The average Bonchev–Trinajstić information content (AvgIpc) is 2.27. The van der Waals surface area contributed by atoms with E-state index in [-0.39, 0.29) is 0 Å². The van der Waals surface area contributed by atoms with E-state index in [4.69, 9.17) is 5.73 Å². The van der Waals surface area contributed by atoms with Gasteiger partial charge in [0, 0.05) is 18.6 Å². The Labute approximate surface area is 112 Å². The van der Waals surface area contributed by atoms with Gasteiger partial charge in [-0.2, -0.15) is 0 Å². The van der Waals surface area contributed by atoms with Crippen molar-refractivity contribution in [1.82, 2.24) is 4.90 Å². The summed E-state index contributed by atoms with van der Waals surface area (Å²) in [5, 5.41) is 0. The van der Waals surface area contributed by atoms with Crippen LogP contribution in [0.25, 0.3) is 0 Å². The third-order valence-electron chi connectivity index (χ3n) is 6.18. The van der Waals surface area contributed by atoms with Crippen LogP contribution in [0.1, 0.15) is 46.0 Å². The van der Waals surface area contributed by atoms with Crippen LogP contribution in [0.2, 0.25) is 0 Å². The molecule has 1 atom stereocenters. The fourth-order valence-corrected chi connectivity index (χ4v) is 5.69. The minimum atomic E-state index is 0.576. The molecule has 2 heteroatoms. The summed E-state index contributed by atoms with van der Waals surface area (Å²) in [6.07, 6.45) is 7.59. The fourth-order valence-electron chi connectivity index (χ4n) is 5.69. The Hall–Kier alpha value is -0.0800. The van der Waals surface area contributed by atoms with Crippen LogP contribution >= 0.6 is 0 Å². The summed E-state index contributed by atoms with van der Waals surface area (Å²) in [4.78, 5) is 2.68. The molecule has 0 aromatic carbocycles. The zero-order valence-corrected chi connectivity index (χ0v) is 12.3. The quantitative estimate of drug-likeness (QED) is 0.831. The van der Waals surface area contributed by atoms with E-state index in [9.17, 15) is 0 Å². The van der Waals surface area contributed by atoms with Gasteiger partial charge in [-0.05, 0) is 68.7 Å². The molecule has 0 radical (unpaired) electrons. The van der Waals surface area contributed by atoms with Gasteiger partial charge in [0.1, 0.15) is 0 Å². The summed E-state index contributed by atoms with van der Waals surface area (Å²) in [6, 6.07) is 1.42. The van der Waals surface area contributed by atoms with Crippen molar-refractivity contribution in [2.24, 2.45) is 35.3 Å². The zero-order chi connectivity index (χ0) is 12.9. The molecular formula is C16H30N2. The summed E-state index contributed by atoms with van der Waals surface area (Å²) >= 11 is 0. The molecule has 104 valence electrons. The smallest absolute Gasteiger partial charge is 0.0241 e. The van der Waals surface area contributed by atoms with Crippen molar-refractivity contribution in [3.63, 3.8) is 0 Å². The van der Waals surface area contributed by atoms with Gasteiger partial charge in [-0.3, -0.25) is 4.90 Å². The van der Waals surface area contributed by atoms with Gasteiger partial charge in [-0.1, -0.05) is 13.8 Å². The van der Waals surface area contributed by atoms with Crippen LogP contribution in [-0.4, -0.2) is 30.6 Å². The maximum Gasteiger partial charge on any atom is 0.0241 e. The molecule has 0 amide bonds. The largest absolute Gasteiger partial charge is 0.329 e. The number of hydrogen-bond donors (Lipinski definition) is 1. The molecule has 4 aliphatic rings. The van der Waals surface area contributed by atoms with E-state index in [1.54, 1.807) is 6.42 Å². The van der Waals surface area contributed by atoms with Gasteiger partial charge in [0.25, 0.3) is 0 Å². The van der Waals surface area contributed by atoms with Crippen LogP contribution in [0, 0.1) is 29.6 Å². The second-order valence-electron chi connectivity index (χ2n) is 7.63. The first-order valence-electron chi connectivity index (χ1n) is 8.02. The molecule has 4 rings (SSSR count). The molecule has 2 N–H and O–H groups in total. The number of rotatable bonds is 4. The molecule has 4 bridgehead atoms. The molecule has 0 spiro atoms. The van der Waals surface area contributed by atoms with Crippen LogP contribution in [0.5, 0.6) is 0 Å². The molecule has 0 saturated heterocycles. The van der Waals surface area contributed by atoms with Gasteiger partial charge < -0.3 is 5.73 Å². The maximum absolute atomic E-state index is 6.03. The highest BCUT2D eigenvalue weighted by molar-refractivity contribution is 5.02. The molecule has 4 saturated carbocycles. The molecule has 0 heterocycles. The van der Waals surface area contributed by atoms with E-state index in [1.165, 1.54) is 25.7 Å². The number of likely N-dealkylation sites (N-methyl/N-ethyl adjacent to an activating group) is 1. The second kappa shape index (κ2) is 4.79. The first-order valence-corrected chi connectivity index (χ1v) is 8.02. The Morgan fingerprint density at radius 2 is 1.50 bits per heavy atom. The van der Waals surface area contributed by atoms with E-state index in [0.717, 1.165) is 36.3 Å². The Morgan fingerprint density at radius 1 is 1.00 bits per heavy atom. The van der Waals surface area contributed by atoms with Crippen molar-refractivity contribution < 1.29 is 0 Å². The number of nitrogens with two attached hydrogens (primary N) is 1. The van der Waals surface area contributed by atoms with Crippen molar-refractivity contribution in [3.8, 4) is 0 Å². The van der Waals surface area contributed by atoms with E-state index < -0.39 is 0 Å². The molecule has 0 aliphatic heterocycles. The predicted octanol–water partition coefficient (Wildman–Crippen LogP) is 2.73. The van der Waals surface area contributed by atoms with Gasteiger partial charge >= 0.3 is 0 Å². The van der Waals surface area contributed by atoms with Gasteiger partial charge in [-0.25, -0.2) is 0 Å². The van der Waals surface area contributed by atoms with E-state index in [2.05, 4.69) is 25.8 Å². The van der Waals surface area contributed by atoms with E-state index in [0.29, 0.717) is 12.0 Å². The Bertz CT molecular complexity index is 271. The predicted molar refractivity (Wildman–Crippen MR) is 76.3 cm³/mol. The monoisotopic (exact) mass is 250 g/mol. The van der Waals surface area contributed by atoms with Crippen LogP contribution in [0.15, 0.2) is 0 Å². The van der Waals surface area contributed by atoms with Crippen LogP contribution in [0.4, 0.5) is 0 Å². The molecule has 18 heavy (non-hydrogen) atoms. The van der Waals surface area contributed by atoms with Gasteiger partial charge in [0.15, 0.2) is 0 Å². The lowest BCUT2D eigenvalue weighted by molar-refractivity contribution is -0.0733. The molecular weight excluding hydrogens is 220 g/mol. The van der Waals surface area contributed by atoms with Crippen molar-refractivity contribution >= 4 is 0 Å². The van der Waals surface area contributed by atoms with Crippen molar-refractivity contribution in [3.05, 3.63) is 0 Å². The molecule has 0 aromatic heterocycles. The van der Waals surface area contributed by atoms with Crippen molar-refractivity contribution in [2.75, 3.05) is 13.6 Å². The highest BCUT2D eigenvalue weighted by Crippen LogP contribution is 2.55. The first kappa shape index (κ1) is 12.9. The normalized spacial score (nSPS) is 44.0. The first-order chi connectivity index (χ1) is 8.60. The summed E-state index contributed by atoms with van der Waals surface area (Å²) in [5.41, 5.74) is 6.03. The Morgan fingerprint density at radius 3 is 1.89 bits per heavy atom. The second-order valence-corrected chi connectivity index (χ2v) is 7.63. The average molecular weight is 250 g/mol. The van der Waals surface area contributed by atoms with E-state index >= 15 is 0 Å². The summed E-state index contributed by atoms with van der Waals surface area (Å²) in [6.45, 7) is 5.46. The van der Waals surface area contributed by atoms with E-state index in [1.807, 2.05) is 0 Å². The van der Waals surface area contributed by atoms with Crippen molar-refractivity contribution in [1.29, 1.82) is 0 Å². The van der Waals surface area contributed by atoms with Crippen LogP contribution < -0.4 is 5.73 Å². The maximum atomic E-state index is 6.03. The lowest BCUT2D eigenvalue weighted by Gasteiger charge is -2.58. The van der Waals surface area contributed by atoms with Crippen LogP contribution in [0.3, 0.4) is 0 Å². The third-order valence-corrected chi connectivity index (χ3v) is 6.18. The van der Waals surface area contributed by atoms with Crippen molar-refractivity contribution in [2.45, 2.75) is 58.0 Å². The standard InChI is InChI=1S/C16H30N2/c1-10(2)15(9-17)18(3)16-13-5-11-4-12(7-13)8-14(16)6-11/h10-16H,4-9,17H2,1-3H3. The molecule has 4 aliphatic carbocycles. The molecule has 2 nitrogen and oxygen atoms in total. The summed E-state index contributed by atoms with van der Waals surface area (Å²) in [5.74, 6) is 4.80. The lowest BCUT2D eigenvalue weighted by atomic mass is 9.53. The van der Waals surface area contributed by atoms with Gasteiger partial charge in [-0.15, -0.1) is 0 Å². The third kappa shape index (κ3) is 2.02. The fraction of sp³-hybridized carbons (Fsp3) is 1.00. The van der Waals surface area contributed by atoms with Gasteiger partial charge in [0.05, 0.1) is 0 Å². The molecule has 1 unspecified atom stereocenters. The topological polar surface area (TPSA) is 29.3 Å². The van der Waals surface area contributed by atoms with Crippen LogP contribution in [-0.2, 0) is 0 Å². The minimum Gasteiger partial charge on any atom is -0.329 e. The van der Waals surface area contributed by atoms with Gasteiger partial charge in [0.2, 0.25) is 0 Å². The highest BCUT2D eigenvalue weighted by atomic mass is 15.2. The summed E-state index contributed by atoms with van der Waals surface area (Å²) < 4.78 is 0. The Kier molecular flexibility index (Phi) is 3.44. The summed E-state index contributed by atoms with van der Waals surface area (Å²) in [7, 11) is 2.35. The zero-order valence-electron chi connectivity index (χ0n) is 12.3. The molecule has 4 fully saturated rings. The number of nitrogens with zero attached hydrogens (tertiary/aromatic N) is 1. The Balaban J connectivity index is 1.76. The minimum absolute atomic E-state index is 0.576.